The molecular formula is C26H39N3O4S. The maximum atomic E-state index is 12.5. The van der Waals surface area contributed by atoms with Crippen molar-refractivity contribution in [3.8, 4) is 5.88 Å². The number of nitrogens with zero attached hydrogens (tertiary/aromatic N) is 3. The highest BCUT2D eigenvalue weighted by molar-refractivity contribution is 7.19. The molecule has 2 aromatic rings. The van der Waals surface area contributed by atoms with Crippen LogP contribution in [0.4, 0.5) is 4.79 Å². The fourth-order valence-corrected chi connectivity index (χ4v) is 6.87. The number of aliphatic hydroxyl groups is 1. The number of aliphatic hydroxyl groups excluding tert-OH is 1. The first-order chi connectivity index (χ1) is 16.1. The molecule has 4 rings (SSSR count). The summed E-state index contributed by atoms with van der Waals surface area (Å²) in [6, 6.07) is 0.159. The second kappa shape index (κ2) is 9.97. The summed E-state index contributed by atoms with van der Waals surface area (Å²) in [6.07, 6.45) is 7.58. The van der Waals surface area contributed by atoms with E-state index in [1.165, 1.54) is 10.4 Å². The molecule has 2 aromatic heterocycles. The molecule has 0 spiro atoms. The number of ether oxygens (including phenoxy) is 2. The van der Waals surface area contributed by atoms with Gasteiger partial charge in [-0.3, -0.25) is 0 Å². The molecule has 34 heavy (non-hydrogen) atoms. The summed E-state index contributed by atoms with van der Waals surface area (Å²) in [5.74, 6) is 1.23. The second-order valence-corrected chi connectivity index (χ2v) is 12.0. The van der Waals surface area contributed by atoms with Gasteiger partial charge in [0.05, 0.1) is 11.5 Å². The molecule has 8 heteroatoms. The first-order valence-corrected chi connectivity index (χ1v) is 13.5. The van der Waals surface area contributed by atoms with Crippen LogP contribution in [-0.4, -0.2) is 57.0 Å². The molecule has 2 aliphatic rings. The molecule has 188 valence electrons. The molecule has 0 aromatic carbocycles. The van der Waals surface area contributed by atoms with Gasteiger partial charge in [-0.15, -0.1) is 11.3 Å². The maximum absolute atomic E-state index is 12.5. The average Bonchev–Trinajstić information content (AvgIpc) is 3.33. The smallest absolute Gasteiger partial charge is 0.410 e. The zero-order valence-corrected chi connectivity index (χ0v) is 22.2. The molecule has 3 unspecified atom stereocenters. The normalized spacial score (nSPS) is 24.5. The van der Waals surface area contributed by atoms with E-state index in [9.17, 15) is 9.90 Å². The third kappa shape index (κ3) is 5.18. The highest BCUT2D eigenvalue weighted by Crippen LogP contribution is 2.50. The minimum atomic E-state index is -0.493. The first kappa shape index (κ1) is 25.2. The van der Waals surface area contributed by atoms with Crippen molar-refractivity contribution in [2.45, 2.75) is 109 Å². The Labute approximate surface area is 206 Å². The van der Waals surface area contributed by atoms with Crippen molar-refractivity contribution in [3.05, 3.63) is 16.8 Å². The average molecular weight is 490 g/mol. The van der Waals surface area contributed by atoms with Crippen LogP contribution in [0.3, 0.4) is 0 Å². The van der Waals surface area contributed by atoms with E-state index < -0.39 is 5.60 Å². The topological polar surface area (TPSA) is 84.8 Å². The van der Waals surface area contributed by atoms with Crippen molar-refractivity contribution >= 4 is 27.6 Å². The number of amides is 1. The number of aromatic nitrogens is 2. The van der Waals surface area contributed by atoms with Crippen LogP contribution in [0.1, 0.15) is 89.5 Å². The van der Waals surface area contributed by atoms with Crippen LogP contribution in [0, 0.1) is 5.92 Å². The number of rotatable bonds is 6. The van der Waals surface area contributed by atoms with Gasteiger partial charge in [0.2, 0.25) is 5.88 Å². The number of hydrogen-bond acceptors (Lipinski definition) is 7. The quantitative estimate of drug-likeness (QED) is 0.561. The fraction of sp³-hybridized carbons (Fsp3) is 0.731. The minimum absolute atomic E-state index is 0.0653. The summed E-state index contributed by atoms with van der Waals surface area (Å²) in [5.41, 5.74) is 0.814. The van der Waals surface area contributed by atoms with Crippen molar-refractivity contribution in [1.82, 2.24) is 14.9 Å². The van der Waals surface area contributed by atoms with E-state index in [1.807, 2.05) is 34.7 Å². The predicted octanol–water partition coefficient (Wildman–Crippen LogP) is 5.69. The molecule has 7 nitrogen and oxygen atoms in total. The van der Waals surface area contributed by atoms with Crippen LogP contribution < -0.4 is 4.74 Å². The molecule has 1 fully saturated rings. The number of thiophene rings is 1. The van der Waals surface area contributed by atoms with Crippen molar-refractivity contribution < 1.29 is 19.4 Å². The van der Waals surface area contributed by atoms with E-state index in [4.69, 9.17) is 9.47 Å². The Morgan fingerprint density at radius 1 is 1.24 bits per heavy atom. The zero-order chi connectivity index (χ0) is 24.6. The Bertz CT molecular complexity index is 1010. The van der Waals surface area contributed by atoms with E-state index in [1.54, 1.807) is 22.6 Å². The molecule has 1 N–H and O–H groups in total. The number of carbonyl (C=O) groups is 1. The zero-order valence-electron chi connectivity index (χ0n) is 21.3. The van der Waals surface area contributed by atoms with Gasteiger partial charge in [-0.2, -0.15) is 0 Å². The third-order valence-corrected chi connectivity index (χ3v) is 8.55. The van der Waals surface area contributed by atoms with E-state index >= 15 is 0 Å². The van der Waals surface area contributed by atoms with Crippen LogP contribution >= 0.6 is 11.3 Å². The monoisotopic (exact) mass is 489 g/mol. The Morgan fingerprint density at radius 2 is 1.94 bits per heavy atom. The van der Waals surface area contributed by atoms with Gasteiger partial charge in [0.15, 0.2) is 0 Å². The minimum Gasteiger partial charge on any atom is -0.474 e. The first-order valence-electron chi connectivity index (χ1n) is 12.7. The molecular weight excluding hydrogens is 450 g/mol. The molecule has 0 saturated heterocycles. The molecule has 2 aliphatic carbocycles. The summed E-state index contributed by atoms with van der Waals surface area (Å²) in [4.78, 5) is 25.7. The van der Waals surface area contributed by atoms with Gasteiger partial charge in [0.1, 0.15) is 22.9 Å². The highest BCUT2D eigenvalue weighted by Gasteiger charge is 2.37. The van der Waals surface area contributed by atoms with Crippen LogP contribution in [-0.2, 0) is 11.2 Å². The maximum Gasteiger partial charge on any atom is 0.410 e. The lowest BCUT2D eigenvalue weighted by Gasteiger charge is -2.35. The number of aryl methyl sites for hydroxylation is 1. The standard InChI is InChI=1S/C26H39N3O4S/c1-7-18(15(2)30)19-12-13-20-21(19)22-23(27-14-28-24(22)34-20)32-17-10-8-16(9-11-17)29(6)25(31)33-26(3,4)5/h14-19,30H,7-13H2,1-6H3. The summed E-state index contributed by atoms with van der Waals surface area (Å²) in [7, 11) is 1.83. The van der Waals surface area contributed by atoms with Crippen LogP contribution in [0.15, 0.2) is 6.33 Å². The SMILES string of the molecule is CCC(C(C)O)C1CCc2sc3ncnc(OC4CCC(N(C)C(=O)OC(C)(C)C)CC4)c3c21. The van der Waals surface area contributed by atoms with Crippen LogP contribution in [0.2, 0.25) is 0 Å². The van der Waals surface area contributed by atoms with Gasteiger partial charge >= 0.3 is 6.09 Å². The third-order valence-electron chi connectivity index (χ3n) is 7.38. The summed E-state index contributed by atoms with van der Waals surface area (Å²) < 4.78 is 12.0. The van der Waals surface area contributed by atoms with Gasteiger partial charge < -0.3 is 19.5 Å². The van der Waals surface area contributed by atoms with Gasteiger partial charge in [-0.1, -0.05) is 13.3 Å². The highest BCUT2D eigenvalue weighted by atomic mass is 32.1. The van der Waals surface area contributed by atoms with Gasteiger partial charge in [-0.05, 0) is 83.6 Å². The van der Waals surface area contributed by atoms with Gasteiger partial charge in [0, 0.05) is 18.0 Å². The van der Waals surface area contributed by atoms with Crippen molar-refractivity contribution in [1.29, 1.82) is 0 Å². The van der Waals surface area contributed by atoms with Crippen LogP contribution in [0.25, 0.3) is 10.2 Å². The van der Waals surface area contributed by atoms with E-state index in [2.05, 4.69) is 16.9 Å². The Kier molecular flexibility index (Phi) is 7.38. The lowest BCUT2D eigenvalue weighted by molar-refractivity contribution is 0.0137. The molecule has 0 radical (unpaired) electrons. The van der Waals surface area contributed by atoms with Crippen molar-refractivity contribution in [3.63, 3.8) is 0 Å². The fourth-order valence-electron chi connectivity index (χ4n) is 5.65. The number of hydrogen-bond donors (Lipinski definition) is 1. The van der Waals surface area contributed by atoms with E-state index in [-0.39, 0.29) is 30.3 Å². The second-order valence-electron chi connectivity index (χ2n) is 10.9. The molecule has 1 amide bonds. The summed E-state index contributed by atoms with van der Waals surface area (Å²) >= 11 is 1.75. The Morgan fingerprint density at radius 3 is 2.56 bits per heavy atom. The number of fused-ring (bicyclic) bond motifs is 3. The molecule has 2 heterocycles. The molecule has 0 aliphatic heterocycles. The van der Waals surface area contributed by atoms with Gasteiger partial charge in [0.25, 0.3) is 0 Å². The Hall–Kier alpha value is -1.93. The lowest BCUT2D eigenvalue weighted by Crippen LogP contribution is -2.43. The lowest BCUT2D eigenvalue weighted by atomic mass is 9.82. The largest absolute Gasteiger partial charge is 0.474 e. The van der Waals surface area contributed by atoms with Crippen LogP contribution in [0.5, 0.6) is 5.88 Å². The number of carbonyl (C=O) groups excluding carboxylic acids is 1. The Balaban J connectivity index is 1.48. The molecule has 3 atom stereocenters. The summed E-state index contributed by atoms with van der Waals surface area (Å²) in [5, 5.41) is 11.5. The van der Waals surface area contributed by atoms with Crippen molar-refractivity contribution in [2.75, 3.05) is 7.05 Å². The molecule has 0 bridgehead atoms. The van der Waals surface area contributed by atoms with Crippen molar-refractivity contribution in [2.24, 2.45) is 5.92 Å². The predicted molar refractivity (Wildman–Crippen MR) is 135 cm³/mol. The summed E-state index contributed by atoms with van der Waals surface area (Å²) in [6.45, 7) is 9.73. The van der Waals surface area contributed by atoms with Gasteiger partial charge in [-0.25, -0.2) is 14.8 Å². The van der Waals surface area contributed by atoms with E-state index in [0.717, 1.165) is 55.2 Å². The van der Waals surface area contributed by atoms with E-state index in [0.29, 0.717) is 11.8 Å². The molecule has 1 saturated carbocycles.